The van der Waals surface area contributed by atoms with Crippen molar-refractivity contribution in [3.8, 4) is 0 Å². The highest BCUT2D eigenvalue weighted by Crippen LogP contribution is 2.21. The van der Waals surface area contributed by atoms with Crippen LogP contribution in [0.3, 0.4) is 0 Å². The highest BCUT2D eigenvalue weighted by atomic mass is 32.1. The van der Waals surface area contributed by atoms with E-state index in [-0.39, 0.29) is 12.5 Å². The smallest absolute Gasteiger partial charge is 0.248 e. The third-order valence-corrected chi connectivity index (χ3v) is 3.49. The van der Waals surface area contributed by atoms with Crippen LogP contribution < -0.4 is 5.32 Å². The Morgan fingerprint density at radius 2 is 2.47 bits per heavy atom. The summed E-state index contributed by atoms with van der Waals surface area (Å²) in [5.41, 5.74) is -0.255. The maximum atomic E-state index is 11.8. The number of hydrogen-bond donors (Lipinski definition) is 2. The van der Waals surface area contributed by atoms with Crippen LogP contribution in [0.25, 0.3) is 0 Å². The first-order valence-electron chi connectivity index (χ1n) is 6.22. The van der Waals surface area contributed by atoms with Crippen molar-refractivity contribution < 1.29 is 14.6 Å². The van der Waals surface area contributed by atoms with Crippen molar-refractivity contribution in [1.82, 2.24) is 5.32 Å². The van der Waals surface area contributed by atoms with E-state index in [1.54, 1.807) is 19.9 Å². The lowest BCUT2D eigenvalue weighted by molar-refractivity contribution is -0.132. The molecule has 0 saturated heterocycles. The third kappa shape index (κ3) is 5.14. The lowest BCUT2D eigenvalue weighted by Crippen LogP contribution is -2.42. The van der Waals surface area contributed by atoms with E-state index in [1.807, 2.05) is 16.8 Å². The topological polar surface area (TPSA) is 58.6 Å². The minimum atomic E-state index is -1.06. The Labute approximate surface area is 118 Å². The van der Waals surface area contributed by atoms with Gasteiger partial charge in [0, 0.05) is 0 Å². The summed E-state index contributed by atoms with van der Waals surface area (Å²) in [4.78, 5) is 11.8. The molecule has 1 amide bonds. The van der Waals surface area contributed by atoms with E-state index >= 15 is 0 Å². The molecule has 0 spiro atoms. The summed E-state index contributed by atoms with van der Waals surface area (Å²) in [6.07, 6.45) is 1.93. The molecule has 0 aliphatic heterocycles. The van der Waals surface area contributed by atoms with Crippen LogP contribution in [0.5, 0.6) is 0 Å². The number of nitrogens with one attached hydrogen (secondary N) is 1. The van der Waals surface area contributed by atoms with Crippen molar-refractivity contribution >= 4 is 17.2 Å². The lowest BCUT2D eigenvalue weighted by atomic mass is 9.99. The predicted octanol–water partition coefficient (Wildman–Crippen LogP) is 2.05. The predicted molar refractivity (Wildman–Crippen MR) is 77.1 cm³/mol. The van der Waals surface area contributed by atoms with E-state index < -0.39 is 11.7 Å². The van der Waals surface area contributed by atoms with Gasteiger partial charge < -0.3 is 15.2 Å². The van der Waals surface area contributed by atoms with Crippen molar-refractivity contribution in [3.05, 3.63) is 35.0 Å². The summed E-state index contributed by atoms with van der Waals surface area (Å²) in [5, 5.41) is 16.7. The van der Waals surface area contributed by atoms with Gasteiger partial charge in [-0.2, -0.15) is 11.3 Å². The molecule has 0 fully saturated rings. The molecule has 1 aromatic rings. The van der Waals surface area contributed by atoms with Gasteiger partial charge in [0.1, 0.15) is 11.7 Å². The van der Waals surface area contributed by atoms with E-state index in [0.29, 0.717) is 13.0 Å². The Morgan fingerprint density at radius 3 is 3.05 bits per heavy atom. The van der Waals surface area contributed by atoms with Crippen LogP contribution >= 0.6 is 11.3 Å². The zero-order chi connectivity index (χ0) is 14.3. The highest BCUT2D eigenvalue weighted by Gasteiger charge is 2.25. The summed E-state index contributed by atoms with van der Waals surface area (Å²) in [5.74, 6) is -0.223. The molecule has 0 aliphatic rings. The normalized spacial score (nSPS) is 15.5. The molecule has 2 atom stereocenters. The number of carbonyl (C=O) groups is 1. The average Bonchev–Trinajstić information content (AvgIpc) is 2.90. The Morgan fingerprint density at radius 1 is 1.74 bits per heavy atom. The second-order valence-corrected chi connectivity index (χ2v) is 5.37. The van der Waals surface area contributed by atoms with Crippen LogP contribution in [-0.2, 0) is 15.1 Å². The minimum Gasteiger partial charge on any atom is -0.384 e. The molecule has 106 valence electrons. The van der Waals surface area contributed by atoms with Crippen molar-refractivity contribution in [3.63, 3.8) is 0 Å². The third-order valence-electron chi connectivity index (χ3n) is 2.81. The van der Waals surface area contributed by atoms with Crippen LogP contribution in [0.4, 0.5) is 0 Å². The molecular formula is C14H21NO3S. The maximum absolute atomic E-state index is 11.8. The van der Waals surface area contributed by atoms with Gasteiger partial charge in [0.2, 0.25) is 5.91 Å². The molecule has 1 aromatic heterocycles. The second-order valence-electron chi connectivity index (χ2n) is 4.59. The monoisotopic (exact) mass is 283 g/mol. The van der Waals surface area contributed by atoms with Gasteiger partial charge in [0.15, 0.2) is 0 Å². The largest absolute Gasteiger partial charge is 0.384 e. The molecule has 4 nitrogen and oxygen atoms in total. The molecule has 1 rings (SSSR count). The number of amides is 1. The van der Waals surface area contributed by atoms with E-state index in [9.17, 15) is 9.90 Å². The van der Waals surface area contributed by atoms with Crippen molar-refractivity contribution in [1.29, 1.82) is 0 Å². The first-order valence-corrected chi connectivity index (χ1v) is 7.17. The molecule has 2 N–H and O–H groups in total. The molecule has 0 aromatic carbocycles. The minimum absolute atomic E-state index is 0.164. The Bertz CT molecular complexity index is 401. The summed E-state index contributed by atoms with van der Waals surface area (Å²) < 4.78 is 5.34. The second kappa shape index (κ2) is 7.43. The van der Waals surface area contributed by atoms with Crippen LogP contribution in [0.15, 0.2) is 29.5 Å². The average molecular weight is 283 g/mol. The Hall–Kier alpha value is -1.17. The molecule has 0 bridgehead atoms. The quantitative estimate of drug-likeness (QED) is 0.567. The van der Waals surface area contributed by atoms with Crippen LogP contribution in [0.1, 0.15) is 25.8 Å². The van der Waals surface area contributed by atoms with Crippen molar-refractivity contribution in [2.24, 2.45) is 0 Å². The number of ether oxygens (including phenoxy) is 1. The van der Waals surface area contributed by atoms with Gasteiger partial charge in [-0.1, -0.05) is 6.08 Å². The van der Waals surface area contributed by atoms with E-state index in [2.05, 4.69) is 11.9 Å². The molecule has 0 aliphatic carbocycles. The van der Waals surface area contributed by atoms with Crippen molar-refractivity contribution in [2.75, 3.05) is 13.2 Å². The zero-order valence-corrected chi connectivity index (χ0v) is 12.2. The first-order chi connectivity index (χ1) is 8.97. The Kier molecular flexibility index (Phi) is 6.21. The fourth-order valence-electron chi connectivity index (χ4n) is 1.48. The molecule has 0 saturated carbocycles. The molecule has 0 radical (unpaired) electrons. The molecule has 1 heterocycles. The van der Waals surface area contributed by atoms with Crippen LogP contribution in [-0.4, -0.2) is 30.3 Å². The standard InChI is InChI=1S/C14H21NO3S/c1-4-5-7-18-11(2)13(16)15-10-14(3,17)12-6-8-19-9-12/h4,6,8-9,11,17H,1,5,7,10H2,2-3H3,(H,15,16). The van der Waals surface area contributed by atoms with E-state index in [0.717, 1.165) is 5.56 Å². The number of aliphatic hydroxyl groups is 1. The molecule has 19 heavy (non-hydrogen) atoms. The molecule has 2 unspecified atom stereocenters. The highest BCUT2D eigenvalue weighted by molar-refractivity contribution is 7.08. The van der Waals surface area contributed by atoms with Gasteiger partial charge in [-0.25, -0.2) is 0 Å². The van der Waals surface area contributed by atoms with E-state index in [4.69, 9.17) is 4.74 Å². The summed E-state index contributed by atoms with van der Waals surface area (Å²) in [6, 6.07) is 1.85. The van der Waals surface area contributed by atoms with Gasteiger partial charge in [-0.3, -0.25) is 4.79 Å². The van der Waals surface area contributed by atoms with Gasteiger partial charge in [0.05, 0.1) is 13.2 Å². The number of thiophene rings is 1. The summed E-state index contributed by atoms with van der Waals surface area (Å²) in [6.45, 7) is 7.59. The van der Waals surface area contributed by atoms with Crippen LogP contribution in [0.2, 0.25) is 0 Å². The SMILES string of the molecule is C=CCCOC(C)C(=O)NCC(C)(O)c1ccsc1. The number of hydrogen-bond acceptors (Lipinski definition) is 4. The number of rotatable bonds is 8. The van der Waals surface area contributed by atoms with Gasteiger partial charge in [0.25, 0.3) is 0 Å². The fraction of sp³-hybridized carbons (Fsp3) is 0.500. The summed E-state index contributed by atoms with van der Waals surface area (Å²) in [7, 11) is 0. The molecule has 5 heteroatoms. The van der Waals surface area contributed by atoms with Gasteiger partial charge >= 0.3 is 0 Å². The molecular weight excluding hydrogens is 262 g/mol. The van der Waals surface area contributed by atoms with Crippen molar-refractivity contribution in [2.45, 2.75) is 32.0 Å². The lowest BCUT2D eigenvalue weighted by Gasteiger charge is -2.24. The maximum Gasteiger partial charge on any atom is 0.248 e. The van der Waals surface area contributed by atoms with E-state index in [1.165, 1.54) is 11.3 Å². The first kappa shape index (κ1) is 15.9. The van der Waals surface area contributed by atoms with Gasteiger partial charge in [-0.05, 0) is 42.7 Å². The fourth-order valence-corrected chi connectivity index (χ4v) is 2.26. The Balaban J connectivity index is 2.39. The summed E-state index contributed by atoms with van der Waals surface area (Å²) >= 11 is 1.51. The van der Waals surface area contributed by atoms with Gasteiger partial charge in [-0.15, -0.1) is 6.58 Å². The zero-order valence-electron chi connectivity index (χ0n) is 11.4. The number of carbonyl (C=O) groups excluding carboxylic acids is 1. The van der Waals surface area contributed by atoms with Crippen LogP contribution in [0, 0.1) is 0 Å².